The third kappa shape index (κ3) is 7.51. The average Bonchev–Trinajstić information content (AvgIpc) is 2.58. The summed E-state index contributed by atoms with van der Waals surface area (Å²) in [5.74, 6) is -38.3. The lowest BCUT2D eigenvalue weighted by atomic mass is 9.91. The number of alkyl halides is 17. The van der Waals surface area contributed by atoms with E-state index in [0.717, 1.165) is 6.92 Å². The third-order valence-electron chi connectivity index (χ3n) is 3.25. The lowest BCUT2D eigenvalue weighted by Gasteiger charge is -2.39. The van der Waals surface area contributed by atoms with E-state index in [4.69, 9.17) is 0 Å². The van der Waals surface area contributed by atoms with Crippen molar-refractivity contribution in [2.24, 2.45) is 0 Å². The molecule has 0 aromatic heterocycles. The Kier molecular flexibility index (Phi) is 10.6. The molecule has 0 rings (SSSR count). The highest BCUT2D eigenvalue weighted by Crippen LogP contribution is 2.59. The van der Waals surface area contributed by atoms with Gasteiger partial charge in [-0.3, -0.25) is 0 Å². The van der Waals surface area contributed by atoms with E-state index in [9.17, 15) is 79.4 Å². The van der Waals surface area contributed by atoms with E-state index < -0.39 is 67.6 Å². The first-order valence-electron chi connectivity index (χ1n) is 7.59. The van der Waals surface area contributed by atoms with Crippen molar-refractivity contribution >= 4 is 5.97 Å². The van der Waals surface area contributed by atoms with E-state index in [1.165, 1.54) is 0 Å². The molecule has 33 heavy (non-hydrogen) atoms. The van der Waals surface area contributed by atoms with Crippen molar-refractivity contribution in [3.63, 3.8) is 0 Å². The Morgan fingerprint density at radius 3 is 1.36 bits per heavy atom. The van der Waals surface area contributed by atoms with Crippen LogP contribution in [-0.2, 0) is 9.53 Å². The van der Waals surface area contributed by atoms with Crippen molar-refractivity contribution in [2.75, 3.05) is 6.61 Å². The van der Waals surface area contributed by atoms with Crippen LogP contribution in [0.15, 0.2) is 12.2 Å². The van der Waals surface area contributed by atoms with Crippen molar-refractivity contribution < 1.29 is 84.2 Å². The number of hydrogen-bond acceptors (Lipinski definition) is 2. The third-order valence-corrected chi connectivity index (χ3v) is 3.25. The van der Waals surface area contributed by atoms with E-state index in [1.807, 2.05) is 0 Å². The molecule has 0 heterocycles. The number of halogens is 17. The summed E-state index contributed by atoms with van der Waals surface area (Å²) < 4.78 is 211. The maximum atomic E-state index is 13.4. The first kappa shape index (κ1) is 33.2. The summed E-state index contributed by atoms with van der Waals surface area (Å²) in [6, 6.07) is 0. The van der Waals surface area contributed by atoms with Crippen LogP contribution in [0.4, 0.5) is 74.6 Å². The summed E-state index contributed by atoms with van der Waals surface area (Å²) in [7, 11) is 0. The van der Waals surface area contributed by atoms with Crippen LogP contribution in [0.5, 0.6) is 0 Å². The highest BCUT2D eigenvalue weighted by molar-refractivity contribution is 5.86. The molecular weight excluding hydrogens is 523 g/mol. The monoisotopic (exact) mass is 534 g/mol. The Hall–Kier alpha value is -1.98. The molecule has 19 heteroatoms. The van der Waals surface area contributed by atoms with E-state index >= 15 is 0 Å². The van der Waals surface area contributed by atoms with Gasteiger partial charge in [-0.05, 0) is 6.92 Å². The topological polar surface area (TPSA) is 26.3 Å². The molecule has 1 unspecified atom stereocenters. The van der Waals surface area contributed by atoms with Crippen molar-refractivity contribution in [1.82, 2.24) is 0 Å². The molecule has 0 aromatic rings. The zero-order valence-electron chi connectivity index (χ0n) is 15.5. The zero-order valence-corrected chi connectivity index (χ0v) is 15.5. The van der Waals surface area contributed by atoms with Gasteiger partial charge in [0.25, 0.3) is 0 Å². The predicted molar refractivity (Wildman–Crippen MR) is 73.2 cm³/mol. The molecule has 1 atom stereocenters. The fraction of sp³-hybridized carbons (Fsp3) is 0.786. The number of carbonyl (C=O) groups is 1. The van der Waals surface area contributed by atoms with Crippen LogP contribution >= 0.6 is 0 Å². The molecule has 0 saturated heterocycles. The summed E-state index contributed by atoms with van der Waals surface area (Å²) in [5.41, 5.74) is -0.368. The van der Waals surface area contributed by atoms with Crippen LogP contribution in [0, 0.1) is 0 Å². The standard InChI is InChI=1S/C13H11F13O2.CF4/c1-5(2)7(27)28-4-3-6(14)9(17,18)11(21,22)13(25,26)12(23,24)10(19,20)8(15)16;2-1(3,4)5/h6,8H,1,3-4H2,2H3;. The summed E-state index contributed by atoms with van der Waals surface area (Å²) in [6.45, 7) is 2.57. The summed E-state index contributed by atoms with van der Waals surface area (Å²) >= 11 is 0. The van der Waals surface area contributed by atoms with Gasteiger partial charge in [0, 0.05) is 12.0 Å². The SMILES string of the molecule is C=C(C)C(=O)OCCC(F)C(F)(F)C(F)(F)C(F)(F)C(F)(F)C(F)(F)C(F)F.FC(F)(F)F. The molecular formula is C14H11F17O2. The molecule has 0 amide bonds. The molecule has 0 fully saturated rings. The minimum absolute atomic E-state index is 0.368. The zero-order chi connectivity index (χ0) is 27.4. The fourth-order valence-electron chi connectivity index (χ4n) is 1.51. The van der Waals surface area contributed by atoms with Crippen molar-refractivity contribution in [3.05, 3.63) is 12.2 Å². The lowest BCUT2D eigenvalue weighted by molar-refractivity contribution is -0.417. The molecule has 0 radical (unpaired) electrons. The molecule has 0 aliphatic carbocycles. The summed E-state index contributed by atoms with van der Waals surface area (Å²) in [4.78, 5) is 10.9. The van der Waals surface area contributed by atoms with E-state index in [0.29, 0.717) is 0 Å². The lowest BCUT2D eigenvalue weighted by Crippen LogP contribution is -2.70. The van der Waals surface area contributed by atoms with E-state index in [2.05, 4.69) is 11.3 Å². The Morgan fingerprint density at radius 2 is 1.06 bits per heavy atom. The number of hydrogen-bond donors (Lipinski definition) is 0. The maximum Gasteiger partial charge on any atom is 0.559 e. The molecule has 0 bridgehead atoms. The minimum atomic E-state index is -7.80. The van der Waals surface area contributed by atoms with Gasteiger partial charge in [0.2, 0.25) is 0 Å². The molecule has 0 saturated carbocycles. The van der Waals surface area contributed by atoms with Crippen molar-refractivity contribution in [3.8, 4) is 0 Å². The number of carbonyl (C=O) groups excluding carboxylic acids is 1. The minimum Gasteiger partial charge on any atom is -0.462 e. The number of rotatable bonds is 10. The van der Waals surface area contributed by atoms with Crippen LogP contribution < -0.4 is 0 Å². The summed E-state index contributed by atoms with van der Waals surface area (Å²) in [5, 5.41) is 0. The Labute approximate surface area is 172 Å². The largest absolute Gasteiger partial charge is 0.559 e. The van der Waals surface area contributed by atoms with Crippen molar-refractivity contribution in [1.29, 1.82) is 0 Å². The second kappa shape index (κ2) is 10.5. The second-order valence-corrected chi connectivity index (χ2v) is 5.87. The normalized spacial score (nSPS) is 15.0. The highest BCUT2D eigenvalue weighted by Gasteiger charge is 2.88. The molecule has 0 aliphatic heterocycles. The molecule has 0 aromatic carbocycles. The van der Waals surface area contributed by atoms with E-state index in [-0.39, 0.29) is 5.57 Å². The Bertz CT molecular complexity index is 661. The molecule has 0 N–H and O–H groups in total. The predicted octanol–water partition coefficient (Wildman–Crippen LogP) is 6.75. The van der Waals surface area contributed by atoms with Gasteiger partial charge in [-0.1, -0.05) is 6.58 Å². The van der Waals surface area contributed by atoms with Gasteiger partial charge < -0.3 is 4.74 Å². The van der Waals surface area contributed by atoms with Crippen LogP contribution in [0.25, 0.3) is 0 Å². The Morgan fingerprint density at radius 1 is 0.727 bits per heavy atom. The quantitative estimate of drug-likeness (QED) is 0.176. The molecule has 0 aliphatic rings. The second-order valence-electron chi connectivity index (χ2n) is 5.87. The van der Waals surface area contributed by atoms with Gasteiger partial charge in [0.1, 0.15) is 0 Å². The van der Waals surface area contributed by atoms with Gasteiger partial charge in [-0.15, -0.1) is 17.6 Å². The maximum absolute atomic E-state index is 13.4. The van der Waals surface area contributed by atoms with Gasteiger partial charge in [-0.2, -0.15) is 43.9 Å². The van der Waals surface area contributed by atoms with Crippen LogP contribution in [0.2, 0.25) is 0 Å². The average molecular weight is 534 g/mol. The van der Waals surface area contributed by atoms with E-state index in [1.54, 1.807) is 0 Å². The summed E-state index contributed by atoms with van der Waals surface area (Å²) in [6.07, 6.45) is -17.5. The molecule has 198 valence electrons. The van der Waals surface area contributed by atoms with Crippen molar-refractivity contribution in [2.45, 2.75) is 62.0 Å². The smallest absolute Gasteiger partial charge is 0.462 e. The fourth-order valence-corrected chi connectivity index (χ4v) is 1.51. The van der Waals surface area contributed by atoms with Gasteiger partial charge >= 0.3 is 48.4 Å². The van der Waals surface area contributed by atoms with Crippen LogP contribution in [-0.4, -0.2) is 61.2 Å². The van der Waals surface area contributed by atoms with Gasteiger partial charge in [0.05, 0.1) is 6.61 Å². The van der Waals surface area contributed by atoms with Crippen LogP contribution in [0.1, 0.15) is 13.3 Å². The first-order chi connectivity index (χ1) is 14.2. The van der Waals surface area contributed by atoms with Crippen LogP contribution in [0.3, 0.4) is 0 Å². The highest BCUT2D eigenvalue weighted by atomic mass is 19.5. The Balaban J connectivity index is 0. The molecule has 2 nitrogen and oxygen atoms in total. The van der Waals surface area contributed by atoms with Gasteiger partial charge in [0.15, 0.2) is 6.17 Å². The van der Waals surface area contributed by atoms with Gasteiger partial charge in [-0.25, -0.2) is 18.0 Å². The molecule has 0 spiro atoms. The number of esters is 1. The number of ether oxygens (including phenoxy) is 1. The first-order valence-corrected chi connectivity index (χ1v) is 7.59.